The second-order valence-corrected chi connectivity index (χ2v) is 5.48. The Labute approximate surface area is 101 Å². The predicted octanol–water partition coefficient (Wildman–Crippen LogP) is 1.41. The number of nitrogens with one attached hydrogen (secondary N) is 1. The lowest BCUT2D eigenvalue weighted by Gasteiger charge is -2.05. The number of hydrogen-bond acceptors (Lipinski definition) is 3. The summed E-state index contributed by atoms with van der Waals surface area (Å²) in [4.78, 5) is 3.60. The number of rotatable bonds is 3. The van der Waals surface area contributed by atoms with Gasteiger partial charge in [0.15, 0.2) is 0 Å². The van der Waals surface area contributed by atoms with Gasteiger partial charge in [0.05, 0.1) is 6.54 Å². The zero-order valence-corrected chi connectivity index (χ0v) is 10.5. The molecule has 1 rings (SSSR count). The number of terminal acetylenes is 1. The quantitative estimate of drug-likeness (QED) is 0.678. The van der Waals surface area contributed by atoms with Gasteiger partial charge in [0.25, 0.3) is 0 Å². The van der Waals surface area contributed by atoms with E-state index in [1.54, 1.807) is 0 Å². The van der Waals surface area contributed by atoms with E-state index in [-0.39, 0.29) is 16.6 Å². The van der Waals surface area contributed by atoms with Gasteiger partial charge in [-0.1, -0.05) is 17.5 Å². The number of halogens is 2. The normalized spacial score (nSPS) is 11.0. The zero-order valence-electron chi connectivity index (χ0n) is 7.37. The van der Waals surface area contributed by atoms with Crippen LogP contribution >= 0.6 is 27.5 Å². The molecule has 0 radical (unpaired) electrons. The maximum atomic E-state index is 11.6. The first-order valence-corrected chi connectivity index (χ1v) is 6.37. The Morgan fingerprint density at radius 1 is 1.67 bits per heavy atom. The Morgan fingerprint density at radius 2 is 2.33 bits per heavy atom. The fourth-order valence-corrected chi connectivity index (χ4v) is 2.68. The van der Waals surface area contributed by atoms with E-state index in [4.69, 9.17) is 18.0 Å². The molecule has 1 heterocycles. The van der Waals surface area contributed by atoms with Crippen LogP contribution in [0.15, 0.2) is 21.6 Å². The molecule has 0 spiro atoms. The highest BCUT2D eigenvalue weighted by molar-refractivity contribution is 9.10. The average molecular weight is 310 g/mol. The van der Waals surface area contributed by atoms with Crippen molar-refractivity contribution in [3.8, 4) is 12.3 Å². The van der Waals surface area contributed by atoms with Crippen molar-refractivity contribution < 1.29 is 8.42 Å². The molecule has 0 saturated heterocycles. The maximum Gasteiger partial charge on any atom is 0.244 e. The lowest BCUT2D eigenvalue weighted by atomic mass is 10.5. The van der Waals surface area contributed by atoms with Gasteiger partial charge in [-0.05, 0) is 22.0 Å². The van der Waals surface area contributed by atoms with Gasteiger partial charge in [0.1, 0.15) is 10.0 Å². The number of sulfonamides is 1. The molecule has 7 heteroatoms. The molecule has 0 bridgehead atoms. The van der Waals surface area contributed by atoms with E-state index < -0.39 is 10.0 Å². The topological polar surface area (TPSA) is 59.1 Å². The van der Waals surface area contributed by atoms with Gasteiger partial charge < -0.3 is 0 Å². The van der Waals surface area contributed by atoms with Gasteiger partial charge >= 0.3 is 0 Å². The van der Waals surface area contributed by atoms with Crippen molar-refractivity contribution in [2.24, 2.45) is 0 Å². The van der Waals surface area contributed by atoms with Gasteiger partial charge in [-0.15, -0.1) is 6.42 Å². The molecule has 0 atom stereocenters. The Morgan fingerprint density at radius 3 is 2.93 bits per heavy atom. The number of hydrogen-bond donors (Lipinski definition) is 1. The first-order valence-electron chi connectivity index (χ1n) is 3.71. The Kier molecular flexibility index (Phi) is 4.11. The maximum absolute atomic E-state index is 11.6. The lowest BCUT2D eigenvalue weighted by Crippen LogP contribution is -2.24. The second kappa shape index (κ2) is 4.94. The van der Waals surface area contributed by atoms with E-state index in [0.717, 1.165) is 0 Å². The lowest BCUT2D eigenvalue weighted by molar-refractivity contribution is 0.585. The summed E-state index contributed by atoms with van der Waals surface area (Å²) in [5.41, 5.74) is 0. The number of nitrogens with zero attached hydrogens (tertiary/aromatic N) is 1. The summed E-state index contributed by atoms with van der Waals surface area (Å²) in [6, 6.07) is 1.36. The highest BCUT2D eigenvalue weighted by Gasteiger charge is 2.18. The van der Waals surface area contributed by atoms with E-state index in [1.165, 1.54) is 12.3 Å². The minimum Gasteiger partial charge on any atom is -0.242 e. The van der Waals surface area contributed by atoms with E-state index in [0.29, 0.717) is 4.47 Å². The standard InChI is InChI=1S/C8H6BrClN2O2S/c1-2-3-12-15(13,14)7-4-6(9)5-11-8(7)10/h1,4-5,12H,3H2. The zero-order chi connectivity index (χ0) is 11.5. The fourth-order valence-electron chi connectivity index (χ4n) is 0.807. The molecule has 0 saturated carbocycles. The van der Waals surface area contributed by atoms with Crippen LogP contribution in [0.1, 0.15) is 0 Å². The summed E-state index contributed by atoms with van der Waals surface area (Å²) >= 11 is 8.76. The third-order valence-electron chi connectivity index (χ3n) is 1.43. The molecule has 0 aliphatic carbocycles. The highest BCUT2D eigenvalue weighted by Crippen LogP contribution is 2.22. The van der Waals surface area contributed by atoms with Crippen molar-refractivity contribution in [3.05, 3.63) is 21.9 Å². The first kappa shape index (κ1) is 12.5. The van der Waals surface area contributed by atoms with Gasteiger partial charge in [0.2, 0.25) is 10.0 Å². The van der Waals surface area contributed by atoms with Crippen molar-refractivity contribution in [3.63, 3.8) is 0 Å². The molecule has 4 nitrogen and oxygen atoms in total. The molecule has 0 aliphatic rings. The SMILES string of the molecule is C#CCNS(=O)(=O)c1cc(Br)cnc1Cl. The first-order chi connectivity index (χ1) is 6.97. The van der Waals surface area contributed by atoms with Crippen molar-refractivity contribution >= 4 is 37.6 Å². The predicted molar refractivity (Wildman–Crippen MR) is 61.0 cm³/mol. The van der Waals surface area contributed by atoms with Crippen molar-refractivity contribution in [2.45, 2.75) is 4.90 Å². The monoisotopic (exact) mass is 308 g/mol. The molecule has 80 valence electrons. The van der Waals surface area contributed by atoms with E-state index in [2.05, 4.69) is 31.6 Å². The van der Waals surface area contributed by atoms with Crippen LogP contribution in [-0.2, 0) is 10.0 Å². The third-order valence-corrected chi connectivity index (χ3v) is 3.69. The van der Waals surface area contributed by atoms with E-state index >= 15 is 0 Å². The fraction of sp³-hybridized carbons (Fsp3) is 0.125. The molecule has 1 aromatic heterocycles. The van der Waals surface area contributed by atoms with Crippen molar-refractivity contribution in [2.75, 3.05) is 6.54 Å². The van der Waals surface area contributed by atoms with Crippen LogP contribution in [0, 0.1) is 12.3 Å². The molecular formula is C8H6BrClN2O2S. The van der Waals surface area contributed by atoms with Crippen LogP contribution in [0.2, 0.25) is 5.15 Å². The summed E-state index contributed by atoms with van der Waals surface area (Å²) in [6.45, 7) is -0.0921. The molecule has 1 N–H and O–H groups in total. The molecule has 0 amide bonds. The summed E-state index contributed by atoms with van der Waals surface area (Å²) in [6.07, 6.45) is 6.35. The van der Waals surface area contributed by atoms with Gasteiger partial charge in [-0.3, -0.25) is 0 Å². The molecular weight excluding hydrogens is 304 g/mol. The second-order valence-electron chi connectivity index (χ2n) is 2.47. The summed E-state index contributed by atoms with van der Waals surface area (Å²) in [5.74, 6) is 2.16. The summed E-state index contributed by atoms with van der Waals surface area (Å²) in [7, 11) is -3.69. The van der Waals surface area contributed by atoms with Crippen LogP contribution in [-0.4, -0.2) is 19.9 Å². The van der Waals surface area contributed by atoms with Crippen LogP contribution in [0.5, 0.6) is 0 Å². The van der Waals surface area contributed by atoms with E-state index in [9.17, 15) is 8.42 Å². The van der Waals surface area contributed by atoms with Gasteiger partial charge in [-0.25, -0.2) is 13.4 Å². The minimum atomic E-state index is -3.69. The number of pyridine rings is 1. The summed E-state index contributed by atoms with van der Waals surface area (Å²) < 4.78 is 25.9. The molecule has 0 aromatic carbocycles. The number of aromatic nitrogens is 1. The minimum absolute atomic E-state index is 0.0921. The Hall–Kier alpha value is -0.610. The Bertz CT molecular complexity index is 510. The Balaban J connectivity index is 3.16. The average Bonchev–Trinajstić information content (AvgIpc) is 2.18. The molecule has 0 fully saturated rings. The molecule has 1 aromatic rings. The third kappa shape index (κ3) is 3.18. The van der Waals surface area contributed by atoms with E-state index in [1.807, 2.05) is 0 Å². The van der Waals surface area contributed by atoms with Crippen molar-refractivity contribution in [1.82, 2.24) is 9.71 Å². The van der Waals surface area contributed by atoms with Crippen LogP contribution in [0.4, 0.5) is 0 Å². The van der Waals surface area contributed by atoms with Gasteiger partial charge in [0, 0.05) is 10.7 Å². The van der Waals surface area contributed by atoms with Crippen LogP contribution in [0.25, 0.3) is 0 Å². The van der Waals surface area contributed by atoms with Crippen molar-refractivity contribution in [1.29, 1.82) is 0 Å². The smallest absolute Gasteiger partial charge is 0.242 e. The highest BCUT2D eigenvalue weighted by atomic mass is 79.9. The largest absolute Gasteiger partial charge is 0.244 e. The molecule has 15 heavy (non-hydrogen) atoms. The molecule has 0 unspecified atom stereocenters. The summed E-state index contributed by atoms with van der Waals surface area (Å²) in [5, 5.41) is -0.0947. The molecule has 0 aliphatic heterocycles. The van der Waals surface area contributed by atoms with Crippen LogP contribution < -0.4 is 4.72 Å². The van der Waals surface area contributed by atoms with Gasteiger partial charge in [-0.2, -0.15) is 4.72 Å². The van der Waals surface area contributed by atoms with Crippen LogP contribution in [0.3, 0.4) is 0 Å².